The van der Waals surface area contributed by atoms with Crippen LogP contribution in [0.3, 0.4) is 0 Å². The standard InChI is InChI=1S/C20H19N3O3/c1-3-26-20(25)19(24)18-17(16-7-5-4-6-8-16)21-22-23(18)13-15-11-9-14(2)10-12-15/h4-12H,3,13H2,1-2H3. The predicted octanol–water partition coefficient (Wildman–Crippen LogP) is 3.05. The maximum absolute atomic E-state index is 12.7. The molecule has 3 rings (SSSR count). The van der Waals surface area contributed by atoms with Gasteiger partial charge in [-0.15, -0.1) is 5.10 Å². The Bertz CT molecular complexity index is 915. The molecule has 0 fully saturated rings. The zero-order valence-electron chi connectivity index (χ0n) is 14.7. The first kappa shape index (κ1) is 17.5. The van der Waals surface area contributed by atoms with E-state index in [-0.39, 0.29) is 12.3 Å². The number of hydrogen-bond donors (Lipinski definition) is 0. The second-order valence-corrected chi connectivity index (χ2v) is 5.85. The SMILES string of the molecule is CCOC(=O)C(=O)c1c(-c2ccccc2)nnn1Cc1ccc(C)cc1. The van der Waals surface area contributed by atoms with Crippen molar-refractivity contribution in [1.29, 1.82) is 0 Å². The van der Waals surface area contributed by atoms with Gasteiger partial charge in [-0.3, -0.25) is 4.79 Å². The molecule has 0 saturated carbocycles. The number of ketones is 1. The first-order valence-electron chi connectivity index (χ1n) is 8.36. The molecule has 0 aliphatic heterocycles. The summed E-state index contributed by atoms with van der Waals surface area (Å²) >= 11 is 0. The maximum Gasteiger partial charge on any atom is 0.381 e. The highest BCUT2D eigenvalue weighted by molar-refractivity contribution is 6.41. The van der Waals surface area contributed by atoms with Gasteiger partial charge in [0.2, 0.25) is 0 Å². The average Bonchev–Trinajstić information content (AvgIpc) is 3.07. The highest BCUT2D eigenvalue weighted by Crippen LogP contribution is 2.22. The summed E-state index contributed by atoms with van der Waals surface area (Å²) in [6.07, 6.45) is 0. The van der Waals surface area contributed by atoms with Crippen LogP contribution in [0.1, 0.15) is 28.5 Å². The lowest BCUT2D eigenvalue weighted by Gasteiger charge is -2.08. The highest BCUT2D eigenvalue weighted by atomic mass is 16.5. The molecule has 0 unspecified atom stereocenters. The van der Waals surface area contributed by atoms with Crippen LogP contribution in [0.2, 0.25) is 0 Å². The summed E-state index contributed by atoms with van der Waals surface area (Å²) in [6, 6.07) is 17.1. The van der Waals surface area contributed by atoms with Crippen LogP contribution >= 0.6 is 0 Å². The second kappa shape index (κ2) is 7.74. The Hall–Kier alpha value is -3.28. The zero-order valence-corrected chi connectivity index (χ0v) is 14.7. The van der Waals surface area contributed by atoms with Crippen LogP contribution < -0.4 is 0 Å². The Morgan fingerprint density at radius 2 is 1.73 bits per heavy atom. The quantitative estimate of drug-likeness (QED) is 0.388. The largest absolute Gasteiger partial charge is 0.460 e. The molecule has 26 heavy (non-hydrogen) atoms. The van der Waals surface area contributed by atoms with Gasteiger partial charge in [-0.1, -0.05) is 65.4 Å². The summed E-state index contributed by atoms with van der Waals surface area (Å²) in [4.78, 5) is 24.7. The lowest BCUT2D eigenvalue weighted by Crippen LogP contribution is -2.22. The van der Waals surface area contributed by atoms with Gasteiger partial charge in [0.05, 0.1) is 13.2 Å². The van der Waals surface area contributed by atoms with E-state index in [0.717, 1.165) is 16.7 Å². The van der Waals surface area contributed by atoms with Crippen molar-refractivity contribution in [3.05, 3.63) is 71.4 Å². The molecule has 1 heterocycles. The molecule has 6 heteroatoms. The summed E-state index contributed by atoms with van der Waals surface area (Å²) in [5.74, 6) is -1.65. The number of esters is 1. The smallest absolute Gasteiger partial charge is 0.381 e. The van der Waals surface area contributed by atoms with Crippen molar-refractivity contribution in [2.24, 2.45) is 0 Å². The van der Waals surface area contributed by atoms with Gasteiger partial charge in [0.15, 0.2) is 0 Å². The molecule has 0 radical (unpaired) electrons. The molecule has 0 N–H and O–H groups in total. The first-order chi connectivity index (χ1) is 12.6. The number of ether oxygens (including phenoxy) is 1. The Labute approximate surface area is 151 Å². The number of nitrogens with zero attached hydrogens (tertiary/aromatic N) is 3. The topological polar surface area (TPSA) is 74.1 Å². The summed E-state index contributed by atoms with van der Waals surface area (Å²) < 4.78 is 6.33. The van der Waals surface area contributed by atoms with Crippen LogP contribution in [0.25, 0.3) is 11.3 Å². The van der Waals surface area contributed by atoms with Gasteiger partial charge < -0.3 is 4.74 Å². The normalized spacial score (nSPS) is 10.5. The van der Waals surface area contributed by atoms with Crippen LogP contribution in [0, 0.1) is 6.92 Å². The molecule has 0 aliphatic rings. The van der Waals surface area contributed by atoms with E-state index < -0.39 is 11.8 Å². The van der Waals surface area contributed by atoms with Crippen molar-refractivity contribution in [3.8, 4) is 11.3 Å². The molecular weight excluding hydrogens is 330 g/mol. The van der Waals surface area contributed by atoms with E-state index in [9.17, 15) is 9.59 Å². The summed E-state index contributed by atoms with van der Waals surface area (Å²) in [5.41, 5.74) is 3.32. The summed E-state index contributed by atoms with van der Waals surface area (Å²) in [7, 11) is 0. The molecule has 0 bridgehead atoms. The molecule has 0 spiro atoms. The fraction of sp³-hybridized carbons (Fsp3) is 0.200. The van der Waals surface area contributed by atoms with Crippen molar-refractivity contribution in [2.75, 3.05) is 6.61 Å². The minimum atomic E-state index is -0.905. The number of hydrogen-bond acceptors (Lipinski definition) is 5. The van der Waals surface area contributed by atoms with E-state index in [4.69, 9.17) is 4.74 Å². The third-order valence-corrected chi connectivity index (χ3v) is 3.91. The number of rotatable bonds is 6. The lowest BCUT2D eigenvalue weighted by atomic mass is 10.1. The fourth-order valence-corrected chi connectivity index (χ4v) is 2.60. The molecule has 1 aromatic heterocycles. The number of Topliss-reactive ketones (excluding diaryl/α,β-unsaturated/α-hetero) is 1. The van der Waals surface area contributed by atoms with Crippen molar-refractivity contribution in [1.82, 2.24) is 15.0 Å². The summed E-state index contributed by atoms with van der Waals surface area (Å²) in [5, 5.41) is 8.26. The van der Waals surface area contributed by atoms with Crippen molar-refractivity contribution < 1.29 is 14.3 Å². The van der Waals surface area contributed by atoms with Crippen LogP contribution in [-0.2, 0) is 16.1 Å². The van der Waals surface area contributed by atoms with E-state index in [0.29, 0.717) is 12.2 Å². The predicted molar refractivity (Wildman–Crippen MR) is 96.7 cm³/mol. The summed E-state index contributed by atoms with van der Waals surface area (Å²) in [6.45, 7) is 4.12. The van der Waals surface area contributed by atoms with Crippen LogP contribution in [-0.4, -0.2) is 33.4 Å². The molecule has 132 valence electrons. The fourth-order valence-electron chi connectivity index (χ4n) is 2.60. The minimum Gasteiger partial charge on any atom is -0.460 e. The minimum absolute atomic E-state index is 0.130. The Balaban J connectivity index is 2.04. The highest BCUT2D eigenvalue weighted by Gasteiger charge is 2.28. The number of carbonyl (C=O) groups excluding carboxylic acids is 2. The van der Waals surface area contributed by atoms with E-state index in [2.05, 4.69) is 10.3 Å². The van der Waals surface area contributed by atoms with Gasteiger partial charge in [-0.05, 0) is 19.4 Å². The molecular formula is C20H19N3O3. The van der Waals surface area contributed by atoms with Gasteiger partial charge in [0.1, 0.15) is 11.4 Å². The van der Waals surface area contributed by atoms with Crippen LogP contribution in [0.4, 0.5) is 0 Å². The number of aromatic nitrogens is 3. The van der Waals surface area contributed by atoms with Crippen LogP contribution in [0.5, 0.6) is 0 Å². The van der Waals surface area contributed by atoms with Crippen molar-refractivity contribution >= 4 is 11.8 Å². The lowest BCUT2D eigenvalue weighted by molar-refractivity contribution is -0.137. The molecule has 0 amide bonds. The van der Waals surface area contributed by atoms with E-state index in [1.165, 1.54) is 4.68 Å². The van der Waals surface area contributed by atoms with Gasteiger partial charge in [0, 0.05) is 5.56 Å². The third-order valence-electron chi connectivity index (χ3n) is 3.91. The molecule has 0 aliphatic carbocycles. The molecule has 0 saturated heterocycles. The Morgan fingerprint density at radius 3 is 2.38 bits per heavy atom. The zero-order chi connectivity index (χ0) is 18.5. The van der Waals surface area contributed by atoms with Crippen molar-refractivity contribution in [2.45, 2.75) is 20.4 Å². The van der Waals surface area contributed by atoms with Crippen molar-refractivity contribution in [3.63, 3.8) is 0 Å². The molecule has 2 aromatic carbocycles. The van der Waals surface area contributed by atoms with Gasteiger partial charge in [-0.2, -0.15) is 0 Å². The van der Waals surface area contributed by atoms with Gasteiger partial charge >= 0.3 is 5.97 Å². The Kier molecular flexibility index (Phi) is 5.22. The van der Waals surface area contributed by atoms with Crippen LogP contribution in [0.15, 0.2) is 54.6 Å². The number of aryl methyl sites for hydroxylation is 1. The Morgan fingerprint density at radius 1 is 1.04 bits per heavy atom. The third kappa shape index (κ3) is 3.69. The average molecular weight is 349 g/mol. The second-order valence-electron chi connectivity index (χ2n) is 5.85. The van der Waals surface area contributed by atoms with E-state index in [1.54, 1.807) is 6.92 Å². The maximum atomic E-state index is 12.7. The molecule has 0 atom stereocenters. The van der Waals surface area contributed by atoms with E-state index >= 15 is 0 Å². The monoisotopic (exact) mass is 349 g/mol. The van der Waals surface area contributed by atoms with Gasteiger partial charge in [-0.25, -0.2) is 9.48 Å². The number of benzene rings is 2. The molecule has 3 aromatic rings. The molecule has 6 nitrogen and oxygen atoms in total. The van der Waals surface area contributed by atoms with Gasteiger partial charge in [0.25, 0.3) is 5.78 Å². The van der Waals surface area contributed by atoms with E-state index in [1.807, 2.05) is 61.5 Å². The number of carbonyl (C=O) groups is 2. The first-order valence-corrected chi connectivity index (χ1v) is 8.36.